The Morgan fingerprint density at radius 1 is 0.941 bits per heavy atom. The van der Waals surface area contributed by atoms with Gasteiger partial charge in [0.2, 0.25) is 0 Å². The van der Waals surface area contributed by atoms with E-state index >= 15 is 0 Å². The third-order valence-electron chi connectivity index (χ3n) is 2.59. The summed E-state index contributed by atoms with van der Waals surface area (Å²) in [4.78, 5) is 0. The lowest BCUT2D eigenvalue weighted by Crippen LogP contribution is -1.98. The fourth-order valence-corrected chi connectivity index (χ4v) is 1.73. The molecule has 17 heavy (non-hydrogen) atoms. The van der Waals surface area contributed by atoms with Crippen LogP contribution < -0.4 is 11.5 Å². The molecule has 2 aromatic rings. The molecule has 0 unspecified atom stereocenters. The molecule has 0 atom stereocenters. The van der Waals surface area contributed by atoms with Gasteiger partial charge in [-0.2, -0.15) is 0 Å². The molecule has 0 amide bonds. The molecule has 2 rings (SSSR count). The molecule has 0 spiro atoms. The average Bonchev–Trinajstić information content (AvgIpc) is 2.27. The number of hydrogen-bond donors (Lipinski definition) is 2. The quantitative estimate of drug-likeness (QED) is 0.745. The van der Waals surface area contributed by atoms with E-state index in [0.29, 0.717) is 22.5 Å². The molecular formula is C13H12F2N2. The standard InChI is InChI=1S/C13H12F2N2/c1-7-4-9(13(17)12(16)5-7)8-2-3-10(14)11(15)6-8/h2-6H,16-17H2,1H3. The summed E-state index contributed by atoms with van der Waals surface area (Å²) in [5, 5.41) is 0. The van der Waals surface area contributed by atoms with Crippen molar-refractivity contribution in [3.63, 3.8) is 0 Å². The van der Waals surface area contributed by atoms with E-state index in [2.05, 4.69) is 0 Å². The molecule has 0 fully saturated rings. The summed E-state index contributed by atoms with van der Waals surface area (Å²) in [5.74, 6) is -1.78. The van der Waals surface area contributed by atoms with E-state index in [1.807, 2.05) is 6.92 Å². The second-order valence-corrected chi connectivity index (χ2v) is 3.94. The van der Waals surface area contributed by atoms with Gasteiger partial charge in [-0.1, -0.05) is 6.07 Å². The van der Waals surface area contributed by atoms with Gasteiger partial charge in [-0.15, -0.1) is 0 Å². The topological polar surface area (TPSA) is 52.0 Å². The molecule has 2 aromatic carbocycles. The first-order chi connectivity index (χ1) is 7.99. The Bertz CT molecular complexity index is 580. The maximum atomic E-state index is 13.2. The fraction of sp³-hybridized carbons (Fsp3) is 0.0769. The van der Waals surface area contributed by atoms with Crippen LogP contribution in [0.3, 0.4) is 0 Å². The van der Waals surface area contributed by atoms with Gasteiger partial charge >= 0.3 is 0 Å². The normalized spacial score (nSPS) is 10.5. The van der Waals surface area contributed by atoms with Crippen molar-refractivity contribution in [3.8, 4) is 11.1 Å². The molecule has 0 radical (unpaired) electrons. The number of nitrogens with two attached hydrogens (primary N) is 2. The molecule has 0 saturated heterocycles. The summed E-state index contributed by atoms with van der Waals surface area (Å²) < 4.78 is 26.0. The highest BCUT2D eigenvalue weighted by atomic mass is 19.2. The van der Waals surface area contributed by atoms with Crippen LogP contribution in [-0.2, 0) is 0 Å². The highest BCUT2D eigenvalue weighted by molar-refractivity contribution is 5.85. The molecule has 0 aliphatic heterocycles. The zero-order valence-corrected chi connectivity index (χ0v) is 9.30. The summed E-state index contributed by atoms with van der Waals surface area (Å²) in [6, 6.07) is 7.18. The van der Waals surface area contributed by atoms with Crippen LogP contribution in [0, 0.1) is 18.6 Å². The van der Waals surface area contributed by atoms with Crippen molar-refractivity contribution in [1.29, 1.82) is 0 Å². The molecule has 0 bridgehead atoms. The summed E-state index contributed by atoms with van der Waals surface area (Å²) in [7, 11) is 0. The summed E-state index contributed by atoms with van der Waals surface area (Å²) in [6.07, 6.45) is 0. The Kier molecular flexibility index (Phi) is 2.71. The van der Waals surface area contributed by atoms with Crippen LogP contribution in [0.5, 0.6) is 0 Å². The van der Waals surface area contributed by atoms with Gasteiger partial charge in [0, 0.05) is 5.56 Å². The third-order valence-corrected chi connectivity index (χ3v) is 2.59. The van der Waals surface area contributed by atoms with E-state index in [4.69, 9.17) is 11.5 Å². The smallest absolute Gasteiger partial charge is 0.159 e. The van der Waals surface area contributed by atoms with Crippen molar-refractivity contribution in [1.82, 2.24) is 0 Å². The molecule has 0 aliphatic rings. The van der Waals surface area contributed by atoms with Gasteiger partial charge in [-0.25, -0.2) is 8.78 Å². The molecule has 4 N–H and O–H groups in total. The Hall–Kier alpha value is -2.10. The minimum Gasteiger partial charge on any atom is -0.397 e. The van der Waals surface area contributed by atoms with Gasteiger partial charge in [-0.3, -0.25) is 0 Å². The van der Waals surface area contributed by atoms with Gasteiger partial charge in [0.1, 0.15) is 0 Å². The second kappa shape index (κ2) is 4.05. The second-order valence-electron chi connectivity index (χ2n) is 3.94. The highest BCUT2D eigenvalue weighted by Crippen LogP contribution is 2.32. The number of halogens is 2. The van der Waals surface area contributed by atoms with Crippen LogP contribution in [0.1, 0.15) is 5.56 Å². The van der Waals surface area contributed by atoms with Gasteiger partial charge in [0.15, 0.2) is 11.6 Å². The first-order valence-corrected chi connectivity index (χ1v) is 5.10. The minimum absolute atomic E-state index is 0.376. The van der Waals surface area contributed by atoms with Crippen molar-refractivity contribution >= 4 is 11.4 Å². The number of anilines is 2. The Morgan fingerprint density at radius 3 is 2.29 bits per heavy atom. The molecule has 0 heterocycles. The molecule has 2 nitrogen and oxygen atoms in total. The predicted molar refractivity (Wildman–Crippen MR) is 65.4 cm³/mol. The van der Waals surface area contributed by atoms with Gasteiger partial charge < -0.3 is 11.5 Å². The fourth-order valence-electron chi connectivity index (χ4n) is 1.73. The predicted octanol–water partition coefficient (Wildman–Crippen LogP) is 3.10. The summed E-state index contributed by atoms with van der Waals surface area (Å²) in [6.45, 7) is 1.86. The Morgan fingerprint density at radius 2 is 1.65 bits per heavy atom. The van der Waals surface area contributed by atoms with E-state index in [-0.39, 0.29) is 0 Å². The van der Waals surface area contributed by atoms with E-state index in [0.717, 1.165) is 17.7 Å². The summed E-state index contributed by atoms with van der Waals surface area (Å²) in [5.41, 5.74) is 14.4. The van der Waals surface area contributed by atoms with Crippen LogP contribution in [0.25, 0.3) is 11.1 Å². The lowest BCUT2D eigenvalue weighted by molar-refractivity contribution is 0.509. The van der Waals surface area contributed by atoms with Crippen LogP contribution in [0.2, 0.25) is 0 Å². The van der Waals surface area contributed by atoms with E-state index in [9.17, 15) is 8.78 Å². The first kappa shape index (κ1) is 11.4. The Labute approximate surface area is 97.9 Å². The molecule has 0 saturated carbocycles. The SMILES string of the molecule is Cc1cc(N)c(N)c(-c2ccc(F)c(F)c2)c1. The highest BCUT2D eigenvalue weighted by Gasteiger charge is 2.09. The molecule has 0 aromatic heterocycles. The number of aryl methyl sites for hydroxylation is 1. The maximum absolute atomic E-state index is 13.2. The number of benzene rings is 2. The van der Waals surface area contributed by atoms with Crippen molar-refractivity contribution in [2.75, 3.05) is 11.5 Å². The largest absolute Gasteiger partial charge is 0.397 e. The van der Waals surface area contributed by atoms with E-state index in [1.165, 1.54) is 6.07 Å². The molecular weight excluding hydrogens is 222 g/mol. The van der Waals surface area contributed by atoms with Crippen LogP contribution >= 0.6 is 0 Å². The van der Waals surface area contributed by atoms with Crippen LogP contribution in [0.15, 0.2) is 30.3 Å². The maximum Gasteiger partial charge on any atom is 0.159 e. The Balaban J connectivity index is 2.64. The van der Waals surface area contributed by atoms with Gasteiger partial charge in [0.25, 0.3) is 0 Å². The van der Waals surface area contributed by atoms with Crippen molar-refractivity contribution < 1.29 is 8.78 Å². The number of nitrogen functional groups attached to an aromatic ring is 2. The van der Waals surface area contributed by atoms with E-state index < -0.39 is 11.6 Å². The monoisotopic (exact) mass is 234 g/mol. The van der Waals surface area contributed by atoms with Crippen LogP contribution in [0.4, 0.5) is 20.2 Å². The van der Waals surface area contributed by atoms with Gasteiger partial charge in [-0.05, 0) is 42.3 Å². The number of hydrogen-bond acceptors (Lipinski definition) is 2. The lowest BCUT2D eigenvalue weighted by Gasteiger charge is -2.10. The molecule has 0 aliphatic carbocycles. The minimum atomic E-state index is -0.901. The first-order valence-electron chi connectivity index (χ1n) is 5.10. The number of rotatable bonds is 1. The molecule has 4 heteroatoms. The zero-order chi connectivity index (χ0) is 12.6. The lowest BCUT2D eigenvalue weighted by atomic mass is 10.00. The molecule has 88 valence electrons. The van der Waals surface area contributed by atoms with Crippen molar-refractivity contribution in [2.24, 2.45) is 0 Å². The van der Waals surface area contributed by atoms with E-state index in [1.54, 1.807) is 12.1 Å². The zero-order valence-electron chi connectivity index (χ0n) is 9.30. The van der Waals surface area contributed by atoms with Crippen LogP contribution in [-0.4, -0.2) is 0 Å². The van der Waals surface area contributed by atoms with Gasteiger partial charge in [0.05, 0.1) is 11.4 Å². The summed E-state index contributed by atoms with van der Waals surface area (Å²) >= 11 is 0. The average molecular weight is 234 g/mol. The van der Waals surface area contributed by atoms with Crippen molar-refractivity contribution in [2.45, 2.75) is 6.92 Å². The van der Waals surface area contributed by atoms with Crippen molar-refractivity contribution in [3.05, 3.63) is 47.5 Å². The third kappa shape index (κ3) is 2.06.